The quantitative estimate of drug-likeness (QED) is 0.682. The number of hydrogen-bond acceptors (Lipinski definition) is 3. The number of nitrogens with one attached hydrogen (secondary N) is 1. The first-order chi connectivity index (χ1) is 9.95. The molecular formula is C15H21N3O2S. The maximum absolute atomic E-state index is 12.0. The summed E-state index contributed by atoms with van der Waals surface area (Å²) in [6.07, 6.45) is 2.25. The molecule has 1 N–H and O–H groups in total. The Bertz CT molecular complexity index is 731. The lowest BCUT2D eigenvalue weighted by Crippen LogP contribution is -2.19. The molecule has 0 aliphatic carbocycles. The number of rotatable bonds is 5. The van der Waals surface area contributed by atoms with Crippen LogP contribution >= 0.6 is 11.8 Å². The van der Waals surface area contributed by atoms with Crippen LogP contribution in [0.25, 0.3) is 11.0 Å². The number of anilines is 1. The van der Waals surface area contributed by atoms with E-state index in [1.807, 2.05) is 12.1 Å². The van der Waals surface area contributed by atoms with Crippen molar-refractivity contribution in [2.75, 3.05) is 11.1 Å². The minimum Gasteiger partial charge on any atom is -0.325 e. The third-order valence-electron chi connectivity index (χ3n) is 3.44. The van der Waals surface area contributed by atoms with E-state index >= 15 is 0 Å². The van der Waals surface area contributed by atoms with E-state index in [9.17, 15) is 9.59 Å². The Morgan fingerprint density at radius 2 is 1.86 bits per heavy atom. The van der Waals surface area contributed by atoms with Crippen molar-refractivity contribution >= 4 is 34.4 Å². The van der Waals surface area contributed by atoms with Crippen molar-refractivity contribution in [2.24, 2.45) is 14.1 Å². The number of unbranched alkanes of at least 4 members (excludes halogenated alkanes) is 1. The SMILES string of the molecule is CCCCSc1cc2c(cc1NC(C)=O)n(C)c(=O)n2C. The van der Waals surface area contributed by atoms with E-state index in [2.05, 4.69) is 12.2 Å². The first-order valence-electron chi connectivity index (χ1n) is 7.05. The number of imidazole rings is 1. The van der Waals surface area contributed by atoms with Crippen LogP contribution < -0.4 is 11.0 Å². The second kappa shape index (κ2) is 6.39. The summed E-state index contributed by atoms with van der Waals surface area (Å²) in [5.41, 5.74) is 2.42. The molecule has 1 amide bonds. The summed E-state index contributed by atoms with van der Waals surface area (Å²) < 4.78 is 3.23. The number of hydrogen-bond donors (Lipinski definition) is 1. The molecule has 21 heavy (non-hydrogen) atoms. The molecule has 0 bridgehead atoms. The van der Waals surface area contributed by atoms with Crippen molar-refractivity contribution in [3.63, 3.8) is 0 Å². The summed E-state index contributed by atoms with van der Waals surface area (Å²) in [6, 6.07) is 3.87. The normalized spacial score (nSPS) is 11.0. The fraction of sp³-hybridized carbons (Fsp3) is 0.467. The van der Waals surface area contributed by atoms with Gasteiger partial charge in [-0.2, -0.15) is 0 Å². The second-order valence-corrected chi connectivity index (χ2v) is 6.26. The van der Waals surface area contributed by atoms with Gasteiger partial charge in [-0.15, -0.1) is 11.8 Å². The standard InChI is InChI=1S/C15H21N3O2S/c1-5-6-7-21-14-9-13-12(8-11(14)16-10(2)19)17(3)15(20)18(13)4/h8-9H,5-7H2,1-4H3,(H,16,19). The lowest BCUT2D eigenvalue weighted by atomic mass is 10.2. The van der Waals surface area contributed by atoms with E-state index in [1.54, 1.807) is 35.0 Å². The highest BCUT2D eigenvalue weighted by molar-refractivity contribution is 7.99. The zero-order valence-corrected chi connectivity index (χ0v) is 13.7. The van der Waals surface area contributed by atoms with Crippen molar-refractivity contribution < 1.29 is 4.79 Å². The summed E-state index contributed by atoms with van der Waals surface area (Å²) in [5.74, 6) is 0.891. The number of benzene rings is 1. The third-order valence-corrected chi connectivity index (χ3v) is 4.58. The Labute approximate surface area is 128 Å². The summed E-state index contributed by atoms with van der Waals surface area (Å²) in [5, 5.41) is 2.86. The summed E-state index contributed by atoms with van der Waals surface area (Å²) >= 11 is 1.71. The van der Waals surface area contributed by atoms with Gasteiger partial charge < -0.3 is 5.32 Å². The van der Waals surface area contributed by atoms with Gasteiger partial charge in [0.1, 0.15) is 0 Å². The molecule has 0 fully saturated rings. The van der Waals surface area contributed by atoms with Gasteiger partial charge in [-0.1, -0.05) is 13.3 Å². The number of carbonyl (C=O) groups is 1. The van der Waals surface area contributed by atoms with Gasteiger partial charge in [0.25, 0.3) is 0 Å². The largest absolute Gasteiger partial charge is 0.328 e. The highest BCUT2D eigenvalue weighted by Crippen LogP contribution is 2.32. The van der Waals surface area contributed by atoms with Gasteiger partial charge in [-0.25, -0.2) is 4.79 Å². The van der Waals surface area contributed by atoms with Gasteiger partial charge in [0.15, 0.2) is 0 Å². The van der Waals surface area contributed by atoms with E-state index in [0.717, 1.165) is 40.2 Å². The lowest BCUT2D eigenvalue weighted by Gasteiger charge is -2.11. The molecule has 0 saturated carbocycles. The topological polar surface area (TPSA) is 56.0 Å². The Balaban J connectivity index is 2.54. The molecule has 2 rings (SSSR count). The van der Waals surface area contributed by atoms with Crippen LogP contribution in [0, 0.1) is 0 Å². The van der Waals surface area contributed by atoms with Crippen LogP contribution in [-0.4, -0.2) is 20.8 Å². The number of aromatic nitrogens is 2. The van der Waals surface area contributed by atoms with Crippen molar-refractivity contribution in [1.29, 1.82) is 0 Å². The van der Waals surface area contributed by atoms with Crippen molar-refractivity contribution in [3.8, 4) is 0 Å². The zero-order valence-electron chi connectivity index (χ0n) is 12.9. The van der Waals surface area contributed by atoms with Crippen LogP contribution in [0.2, 0.25) is 0 Å². The zero-order chi connectivity index (χ0) is 15.6. The molecule has 0 aliphatic heterocycles. The molecule has 6 heteroatoms. The van der Waals surface area contributed by atoms with Gasteiger partial charge in [0.2, 0.25) is 5.91 Å². The van der Waals surface area contributed by atoms with Crippen LogP contribution in [-0.2, 0) is 18.9 Å². The first-order valence-corrected chi connectivity index (χ1v) is 8.04. The van der Waals surface area contributed by atoms with Crippen LogP contribution in [0.5, 0.6) is 0 Å². The van der Waals surface area contributed by atoms with E-state index < -0.39 is 0 Å². The highest BCUT2D eigenvalue weighted by Gasteiger charge is 2.13. The number of aryl methyl sites for hydroxylation is 2. The molecule has 5 nitrogen and oxygen atoms in total. The van der Waals surface area contributed by atoms with Crippen molar-refractivity contribution in [2.45, 2.75) is 31.6 Å². The van der Waals surface area contributed by atoms with Gasteiger partial charge in [-0.3, -0.25) is 13.9 Å². The average Bonchev–Trinajstić information content (AvgIpc) is 2.64. The van der Waals surface area contributed by atoms with E-state index in [4.69, 9.17) is 0 Å². The monoisotopic (exact) mass is 307 g/mol. The van der Waals surface area contributed by atoms with Gasteiger partial charge in [-0.05, 0) is 24.3 Å². The summed E-state index contributed by atoms with van der Waals surface area (Å²) in [7, 11) is 3.51. The van der Waals surface area contributed by atoms with Gasteiger partial charge >= 0.3 is 5.69 Å². The van der Waals surface area contributed by atoms with Crippen LogP contribution in [0.1, 0.15) is 26.7 Å². The van der Waals surface area contributed by atoms with Crippen molar-refractivity contribution in [1.82, 2.24) is 9.13 Å². The van der Waals surface area contributed by atoms with E-state index in [-0.39, 0.29) is 11.6 Å². The molecule has 0 atom stereocenters. The minimum absolute atomic E-state index is 0.0607. The maximum atomic E-state index is 12.0. The maximum Gasteiger partial charge on any atom is 0.328 e. The highest BCUT2D eigenvalue weighted by atomic mass is 32.2. The molecule has 0 unspecified atom stereocenters. The molecule has 1 heterocycles. The molecule has 1 aromatic carbocycles. The van der Waals surface area contributed by atoms with Crippen LogP contribution in [0.4, 0.5) is 5.69 Å². The Hall–Kier alpha value is -1.69. The molecule has 0 radical (unpaired) electrons. The smallest absolute Gasteiger partial charge is 0.325 e. The predicted molar refractivity (Wildman–Crippen MR) is 88.1 cm³/mol. The fourth-order valence-corrected chi connectivity index (χ4v) is 3.37. The Kier molecular flexibility index (Phi) is 4.77. The lowest BCUT2D eigenvalue weighted by molar-refractivity contribution is -0.114. The molecule has 0 spiro atoms. The van der Waals surface area contributed by atoms with Crippen LogP contribution in [0.15, 0.2) is 21.8 Å². The van der Waals surface area contributed by atoms with E-state index in [0.29, 0.717) is 0 Å². The predicted octanol–water partition coefficient (Wildman–Crippen LogP) is 2.73. The average molecular weight is 307 g/mol. The number of nitrogens with zero attached hydrogens (tertiary/aromatic N) is 2. The molecule has 0 aliphatic rings. The van der Waals surface area contributed by atoms with Gasteiger partial charge in [0.05, 0.1) is 16.7 Å². The summed E-state index contributed by atoms with van der Waals surface area (Å²) in [6.45, 7) is 3.65. The molecule has 1 aromatic heterocycles. The third kappa shape index (κ3) is 3.15. The summed E-state index contributed by atoms with van der Waals surface area (Å²) in [4.78, 5) is 24.4. The second-order valence-electron chi connectivity index (χ2n) is 5.12. The minimum atomic E-state index is -0.104. The first kappa shape index (κ1) is 15.7. The van der Waals surface area contributed by atoms with E-state index in [1.165, 1.54) is 6.92 Å². The number of fused-ring (bicyclic) bond motifs is 1. The molecule has 114 valence electrons. The fourth-order valence-electron chi connectivity index (χ4n) is 2.26. The van der Waals surface area contributed by atoms with Crippen LogP contribution in [0.3, 0.4) is 0 Å². The number of amides is 1. The Morgan fingerprint density at radius 1 is 1.24 bits per heavy atom. The molecular weight excluding hydrogens is 286 g/mol. The van der Waals surface area contributed by atoms with Crippen molar-refractivity contribution in [3.05, 3.63) is 22.6 Å². The Morgan fingerprint density at radius 3 is 2.43 bits per heavy atom. The van der Waals surface area contributed by atoms with Gasteiger partial charge in [0, 0.05) is 25.9 Å². The number of carbonyl (C=O) groups excluding carboxylic acids is 1. The molecule has 0 saturated heterocycles. The number of thioether (sulfide) groups is 1. The molecule has 2 aromatic rings.